The molecule has 0 aromatic carbocycles. The topological polar surface area (TPSA) is 339 Å². The van der Waals surface area contributed by atoms with Crippen molar-refractivity contribution in [2.24, 2.45) is 28.7 Å². The molecule has 19 heteroatoms. The summed E-state index contributed by atoms with van der Waals surface area (Å²) in [6.07, 6.45) is -14.6. The minimum Gasteiger partial charge on any atom is -0.394 e. The molecule has 19 nitrogen and oxygen atoms in total. The molecule has 4 rings (SSSR count). The number of hydrogen-bond donors (Lipinski definition) is 13. The second-order valence-electron chi connectivity index (χ2n) is 11.6. The number of fused-ring (bicyclic) bond motifs is 1. The van der Waals surface area contributed by atoms with Crippen LogP contribution in [0.5, 0.6) is 0 Å². The molecule has 18 atom stereocenters. The van der Waals surface area contributed by atoms with Crippen LogP contribution in [0.15, 0.2) is 0 Å². The second-order valence-corrected chi connectivity index (χ2v) is 11.6. The van der Waals surface area contributed by atoms with Crippen LogP contribution in [-0.2, 0) is 28.5 Å². The van der Waals surface area contributed by atoms with Gasteiger partial charge in [0.05, 0.1) is 49.1 Å². The van der Waals surface area contributed by atoms with Gasteiger partial charge in [0.25, 0.3) is 5.91 Å². The van der Waals surface area contributed by atoms with Crippen LogP contribution in [-0.4, -0.2) is 167 Å². The van der Waals surface area contributed by atoms with E-state index in [4.69, 9.17) is 52.4 Å². The summed E-state index contributed by atoms with van der Waals surface area (Å²) in [5.41, 5.74) is 29.8. The van der Waals surface area contributed by atoms with Crippen molar-refractivity contribution in [1.82, 2.24) is 10.6 Å². The van der Waals surface area contributed by atoms with Crippen LogP contribution in [0.25, 0.3) is 0 Å². The van der Waals surface area contributed by atoms with E-state index in [-0.39, 0.29) is 19.4 Å². The van der Waals surface area contributed by atoms with Gasteiger partial charge < -0.3 is 93.6 Å². The molecule has 10 unspecified atom stereocenters. The van der Waals surface area contributed by atoms with Crippen molar-refractivity contribution in [2.45, 2.75) is 123 Å². The molecule has 3 heterocycles. The number of carbonyl (C=O) groups is 1. The molecule has 3 aliphatic heterocycles. The maximum Gasteiger partial charge on any atom is 0.250 e. The first-order chi connectivity index (χ1) is 20.3. The highest BCUT2D eigenvalue weighted by atomic mass is 16.8. The third-order valence-electron chi connectivity index (χ3n) is 8.61. The number of carbonyl (C=O) groups excluding carboxylic acids is 1. The zero-order valence-corrected chi connectivity index (χ0v) is 23.7. The molecule has 1 amide bonds. The van der Waals surface area contributed by atoms with Gasteiger partial charge in [0.1, 0.15) is 36.6 Å². The highest BCUT2D eigenvalue weighted by Crippen LogP contribution is 2.35. The first-order valence-electron chi connectivity index (χ1n) is 14.3. The summed E-state index contributed by atoms with van der Waals surface area (Å²) in [4.78, 5) is 12.1. The van der Waals surface area contributed by atoms with E-state index in [0.717, 1.165) is 0 Å². The number of ether oxygens (including phenoxy) is 5. The molecule has 1 saturated carbocycles. The zero-order valence-electron chi connectivity index (χ0n) is 23.7. The molecule has 3 saturated heterocycles. The SMILES string of the molecule is CNC1C(O[C@H]2OC(CO)[C@@H](NC(=O)[C@@H](O)CN)C(O)C2O)O[C@H]2CC(N)[C@@H](O[C@@H]3C(N)C[C@@H](N)C(O)[C@H]3N)OC2C1O. The van der Waals surface area contributed by atoms with E-state index in [0.29, 0.717) is 0 Å². The van der Waals surface area contributed by atoms with Crippen molar-refractivity contribution in [3.63, 3.8) is 0 Å². The van der Waals surface area contributed by atoms with Crippen molar-refractivity contribution in [3.8, 4) is 0 Å². The standard InChI is InChI=1S/C24H47N7O12/c1-30-14-17(36)20-10(3-8(28)22(42-20)41-19-7(27)2-6(26)15(34)12(19)29)39-23(14)43-24-18(37)16(35)13(11(5-32)40-24)31-21(38)9(33)4-25/h6-20,22-24,30,32-37H,2-5,25-29H2,1H3,(H,31,38)/t6-,7?,8?,9+,10+,11?,12-,13-,14?,15?,16?,17?,18?,19-,20?,22+,23?,24-/m1/s1. The zero-order chi connectivity index (χ0) is 31.7. The lowest BCUT2D eigenvalue weighted by Crippen LogP contribution is -2.71. The average Bonchev–Trinajstić information content (AvgIpc) is 2.97. The molecule has 4 aliphatic rings. The van der Waals surface area contributed by atoms with E-state index in [1.165, 1.54) is 7.05 Å². The van der Waals surface area contributed by atoms with Gasteiger partial charge in [-0.2, -0.15) is 0 Å². The van der Waals surface area contributed by atoms with Crippen LogP contribution in [0.2, 0.25) is 0 Å². The van der Waals surface area contributed by atoms with E-state index >= 15 is 0 Å². The molecular formula is C24H47N7O12. The monoisotopic (exact) mass is 625 g/mol. The summed E-state index contributed by atoms with van der Waals surface area (Å²) in [6, 6.07) is -5.10. The average molecular weight is 626 g/mol. The first-order valence-corrected chi connectivity index (χ1v) is 14.3. The van der Waals surface area contributed by atoms with Crippen LogP contribution < -0.4 is 39.3 Å². The van der Waals surface area contributed by atoms with Crippen LogP contribution in [0.1, 0.15) is 12.8 Å². The Bertz CT molecular complexity index is 926. The van der Waals surface area contributed by atoms with E-state index in [2.05, 4.69) is 10.6 Å². The van der Waals surface area contributed by atoms with Crippen molar-refractivity contribution in [3.05, 3.63) is 0 Å². The smallest absolute Gasteiger partial charge is 0.250 e. The molecule has 250 valence electrons. The van der Waals surface area contributed by atoms with Gasteiger partial charge in [-0.15, -0.1) is 0 Å². The van der Waals surface area contributed by atoms with Crippen molar-refractivity contribution in [2.75, 3.05) is 20.2 Å². The summed E-state index contributed by atoms with van der Waals surface area (Å²) in [6.45, 7) is -1.08. The van der Waals surface area contributed by atoms with E-state index in [1.807, 2.05) is 0 Å². The lowest BCUT2D eigenvalue weighted by Gasteiger charge is -2.51. The van der Waals surface area contributed by atoms with Crippen molar-refractivity contribution < 1.29 is 59.1 Å². The van der Waals surface area contributed by atoms with Crippen LogP contribution in [0.3, 0.4) is 0 Å². The van der Waals surface area contributed by atoms with E-state index in [9.17, 15) is 35.4 Å². The Morgan fingerprint density at radius 2 is 1.56 bits per heavy atom. The Hall–Kier alpha value is -1.21. The van der Waals surface area contributed by atoms with Gasteiger partial charge >= 0.3 is 0 Å². The number of nitrogens with two attached hydrogens (primary N) is 5. The second kappa shape index (κ2) is 14.5. The molecule has 0 aromatic rings. The van der Waals surface area contributed by atoms with Gasteiger partial charge in [-0.1, -0.05) is 0 Å². The largest absolute Gasteiger partial charge is 0.394 e. The molecular weight excluding hydrogens is 578 g/mol. The molecule has 0 radical (unpaired) electrons. The number of amides is 1. The summed E-state index contributed by atoms with van der Waals surface area (Å²) in [5, 5.41) is 67.8. The molecule has 0 bridgehead atoms. The Morgan fingerprint density at radius 3 is 2.19 bits per heavy atom. The number of hydrogen-bond acceptors (Lipinski definition) is 18. The van der Waals surface area contributed by atoms with Crippen molar-refractivity contribution in [1.29, 1.82) is 0 Å². The maximum atomic E-state index is 12.1. The number of likely N-dealkylation sites (N-methyl/N-ethyl adjacent to an activating group) is 1. The Kier molecular flexibility index (Phi) is 11.7. The molecule has 4 fully saturated rings. The number of aliphatic hydroxyl groups excluding tert-OH is 6. The normalized spacial score (nSPS) is 49.6. The minimum absolute atomic E-state index is 0.134. The van der Waals surface area contributed by atoms with E-state index < -0.39 is 123 Å². The third-order valence-corrected chi connectivity index (χ3v) is 8.61. The summed E-state index contributed by atoms with van der Waals surface area (Å²) >= 11 is 0. The van der Waals surface area contributed by atoms with Crippen LogP contribution in [0, 0.1) is 0 Å². The lowest BCUT2D eigenvalue weighted by molar-refractivity contribution is -0.372. The number of rotatable bonds is 9. The fourth-order valence-corrected chi connectivity index (χ4v) is 6.05. The fourth-order valence-electron chi connectivity index (χ4n) is 6.05. The van der Waals surface area contributed by atoms with Crippen LogP contribution >= 0.6 is 0 Å². The molecule has 43 heavy (non-hydrogen) atoms. The Morgan fingerprint density at radius 1 is 0.860 bits per heavy atom. The predicted octanol–water partition coefficient (Wildman–Crippen LogP) is -8.51. The molecule has 1 aliphatic carbocycles. The van der Waals surface area contributed by atoms with Gasteiger partial charge in [0, 0.05) is 18.6 Å². The number of aliphatic hydroxyl groups is 6. The summed E-state index contributed by atoms with van der Waals surface area (Å²) in [5.74, 6) is -0.927. The van der Waals surface area contributed by atoms with E-state index in [1.54, 1.807) is 0 Å². The highest BCUT2D eigenvalue weighted by molar-refractivity contribution is 5.81. The van der Waals surface area contributed by atoms with Gasteiger partial charge in [-0.25, -0.2) is 0 Å². The predicted molar refractivity (Wildman–Crippen MR) is 144 cm³/mol. The quantitative estimate of drug-likeness (QED) is 0.113. The number of nitrogens with one attached hydrogen (secondary N) is 2. The molecule has 18 N–H and O–H groups in total. The van der Waals surface area contributed by atoms with Crippen LogP contribution in [0.4, 0.5) is 0 Å². The fraction of sp³-hybridized carbons (Fsp3) is 0.958. The molecule has 0 spiro atoms. The maximum absolute atomic E-state index is 12.1. The summed E-state index contributed by atoms with van der Waals surface area (Å²) in [7, 11) is 1.53. The third kappa shape index (κ3) is 7.13. The minimum atomic E-state index is -1.74. The Balaban J connectivity index is 1.42. The molecule has 0 aromatic heterocycles. The first kappa shape index (κ1) is 34.7. The lowest BCUT2D eigenvalue weighted by atomic mass is 9.83. The van der Waals surface area contributed by atoms with Gasteiger partial charge in [0.2, 0.25) is 0 Å². The summed E-state index contributed by atoms with van der Waals surface area (Å²) < 4.78 is 29.6. The van der Waals surface area contributed by atoms with Crippen molar-refractivity contribution >= 4 is 5.91 Å². The van der Waals surface area contributed by atoms with Gasteiger partial charge in [-0.05, 0) is 19.9 Å². The Labute approximate surface area is 247 Å². The van der Waals surface area contributed by atoms with Gasteiger partial charge in [-0.3, -0.25) is 4.79 Å². The van der Waals surface area contributed by atoms with Gasteiger partial charge in [0.15, 0.2) is 18.9 Å². The highest BCUT2D eigenvalue weighted by Gasteiger charge is 2.54.